The van der Waals surface area contributed by atoms with Crippen LogP contribution in [0.4, 0.5) is 0 Å². The zero-order chi connectivity index (χ0) is 14.0. The first-order valence-electron chi connectivity index (χ1n) is 5.58. The molecular formula is C13H13N3O3. The number of primary amides is 1. The van der Waals surface area contributed by atoms with Gasteiger partial charge >= 0.3 is 0 Å². The van der Waals surface area contributed by atoms with E-state index in [-0.39, 0.29) is 11.4 Å². The molecule has 0 radical (unpaired) electrons. The van der Waals surface area contributed by atoms with E-state index < -0.39 is 11.5 Å². The van der Waals surface area contributed by atoms with Crippen molar-refractivity contribution >= 4 is 5.91 Å². The maximum Gasteiger partial charge on any atom is 0.275 e. The molecule has 2 N–H and O–H groups in total. The van der Waals surface area contributed by atoms with Crippen LogP contribution in [-0.4, -0.2) is 22.8 Å². The Hall–Kier alpha value is -2.63. The van der Waals surface area contributed by atoms with Crippen LogP contribution in [0.5, 0.6) is 5.75 Å². The molecule has 98 valence electrons. The molecule has 0 aliphatic carbocycles. The summed E-state index contributed by atoms with van der Waals surface area (Å²) >= 11 is 0. The minimum absolute atomic E-state index is 0.0716. The minimum Gasteiger partial charge on any atom is -0.494 e. The van der Waals surface area contributed by atoms with Crippen molar-refractivity contribution < 1.29 is 9.53 Å². The molecule has 0 fully saturated rings. The number of amides is 1. The van der Waals surface area contributed by atoms with Gasteiger partial charge < -0.3 is 10.5 Å². The molecule has 6 heteroatoms. The van der Waals surface area contributed by atoms with Crippen molar-refractivity contribution in [1.29, 1.82) is 0 Å². The van der Waals surface area contributed by atoms with E-state index in [1.165, 1.54) is 13.2 Å². The third kappa shape index (κ3) is 2.33. The van der Waals surface area contributed by atoms with Crippen molar-refractivity contribution in [3.05, 3.63) is 51.9 Å². The van der Waals surface area contributed by atoms with Crippen LogP contribution >= 0.6 is 0 Å². The smallest absolute Gasteiger partial charge is 0.275 e. The summed E-state index contributed by atoms with van der Waals surface area (Å²) in [7, 11) is 1.35. The van der Waals surface area contributed by atoms with Crippen LogP contribution in [0.15, 0.2) is 35.1 Å². The SMILES string of the molecule is COc1cc(=O)n(-c2ccccc2C)nc1C(N)=O. The molecule has 2 rings (SSSR count). The highest BCUT2D eigenvalue weighted by Crippen LogP contribution is 2.15. The number of rotatable bonds is 3. The van der Waals surface area contributed by atoms with Gasteiger partial charge in [-0.05, 0) is 18.6 Å². The van der Waals surface area contributed by atoms with E-state index >= 15 is 0 Å². The Balaban J connectivity index is 2.72. The van der Waals surface area contributed by atoms with E-state index in [9.17, 15) is 9.59 Å². The Kier molecular flexibility index (Phi) is 3.33. The average molecular weight is 259 g/mol. The van der Waals surface area contributed by atoms with Crippen molar-refractivity contribution in [2.75, 3.05) is 7.11 Å². The Morgan fingerprint density at radius 1 is 1.37 bits per heavy atom. The molecule has 6 nitrogen and oxygen atoms in total. The van der Waals surface area contributed by atoms with Crippen LogP contribution in [0.2, 0.25) is 0 Å². The molecule has 0 saturated carbocycles. The highest BCUT2D eigenvalue weighted by Gasteiger charge is 2.15. The van der Waals surface area contributed by atoms with E-state index in [1.807, 2.05) is 19.1 Å². The highest BCUT2D eigenvalue weighted by molar-refractivity contribution is 5.93. The van der Waals surface area contributed by atoms with Crippen LogP contribution in [-0.2, 0) is 0 Å². The fourth-order valence-corrected chi connectivity index (χ4v) is 1.74. The van der Waals surface area contributed by atoms with Crippen LogP contribution in [0.1, 0.15) is 16.1 Å². The summed E-state index contributed by atoms with van der Waals surface area (Å²) in [6, 6.07) is 8.41. The number of hydrogen-bond donors (Lipinski definition) is 1. The monoisotopic (exact) mass is 259 g/mol. The molecule has 1 amide bonds. The van der Waals surface area contributed by atoms with Gasteiger partial charge in [0, 0.05) is 0 Å². The maximum absolute atomic E-state index is 12.0. The van der Waals surface area contributed by atoms with Gasteiger partial charge in [0.15, 0.2) is 11.4 Å². The van der Waals surface area contributed by atoms with Crippen LogP contribution < -0.4 is 16.0 Å². The number of nitrogens with two attached hydrogens (primary N) is 1. The second kappa shape index (κ2) is 4.93. The first-order chi connectivity index (χ1) is 9.04. The topological polar surface area (TPSA) is 87.2 Å². The normalized spacial score (nSPS) is 10.2. The lowest BCUT2D eigenvalue weighted by Crippen LogP contribution is -2.26. The molecule has 1 aromatic heterocycles. The third-order valence-corrected chi connectivity index (χ3v) is 2.69. The van der Waals surface area contributed by atoms with Gasteiger partial charge in [-0.3, -0.25) is 9.59 Å². The first kappa shape index (κ1) is 12.8. The summed E-state index contributed by atoms with van der Waals surface area (Å²) in [5, 5.41) is 3.98. The molecule has 0 atom stereocenters. The van der Waals surface area contributed by atoms with E-state index in [2.05, 4.69) is 5.10 Å². The summed E-state index contributed by atoms with van der Waals surface area (Å²) in [5.41, 5.74) is 6.21. The van der Waals surface area contributed by atoms with E-state index in [0.29, 0.717) is 5.69 Å². The molecule has 0 aliphatic heterocycles. The Morgan fingerprint density at radius 3 is 2.63 bits per heavy atom. The number of benzene rings is 1. The first-order valence-corrected chi connectivity index (χ1v) is 5.58. The number of methoxy groups -OCH3 is 1. The van der Waals surface area contributed by atoms with Gasteiger partial charge in [0.1, 0.15) is 0 Å². The second-order valence-electron chi connectivity index (χ2n) is 3.96. The number of aryl methyl sites for hydroxylation is 1. The van der Waals surface area contributed by atoms with Crippen molar-refractivity contribution in [1.82, 2.24) is 9.78 Å². The number of carbonyl (C=O) groups is 1. The molecule has 0 aliphatic rings. The standard InChI is InChI=1S/C13H13N3O3/c1-8-5-3-4-6-9(8)16-11(17)7-10(19-2)12(15-16)13(14)18/h3-7H,1-2H3,(H2,14,18). The largest absolute Gasteiger partial charge is 0.494 e. The summed E-state index contributed by atoms with van der Waals surface area (Å²) < 4.78 is 6.07. The predicted octanol–water partition coefficient (Wildman–Crippen LogP) is 0.648. The summed E-state index contributed by atoms with van der Waals surface area (Å²) in [6.45, 7) is 1.84. The van der Waals surface area contributed by atoms with Crippen molar-refractivity contribution in [3.8, 4) is 11.4 Å². The molecule has 2 aromatic rings. The van der Waals surface area contributed by atoms with Gasteiger partial charge in [0.2, 0.25) is 0 Å². The van der Waals surface area contributed by atoms with E-state index in [1.54, 1.807) is 12.1 Å². The molecule has 1 aromatic carbocycles. The highest BCUT2D eigenvalue weighted by atomic mass is 16.5. The van der Waals surface area contributed by atoms with Crippen molar-refractivity contribution in [2.24, 2.45) is 5.73 Å². The maximum atomic E-state index is 12.0. The number of aromatic nitrogens is 2. The molecule has 1 heterocycles. The van der Waals surface area contributed by atoms with E-state index in [0.717, 1.165) is 10.2 Å². The zero-order valence-electron chi connectivity index (χ0n) is 10.6. The second-order valence-corrected chi connectivity index (χ2v) is 3.96. The fraction of sp³-hybridized carbons (Fsp3) is 0.154. The van der Waals surface area contributed by atoms with Gasteiger partial charge in [-0.1, -0.05) is 18.2 Å². The molecule has 0 saturated heterocycles. The lowest BCUT2D eigenvalue weighted by molar-refractivity contribution is 0.0990. The molecule has 19 heavy (non-hydrogen) atoms. The summed E-state index contributed by atoms with van der Waals surface area (Å²) in [6.07, 6.45) is 0. The number of para-hydroxylation sites is 1. The van der Waals surface area contributed by atoms with Gasteiger partial charge in [0.05, 0.1) is 18.9 Å². The lowest BCUT2D eigenvalue weighted by Gasteiger charge is -2.10. The van der Waals surface area contributed by atoms with Crippen LogP contribution in [0.3, 0.4) is 0 Å². The third-order valence-electron chi connectivity index (χ3n) is 2.69. The molecular weight excluding hydrogens is 246 g/mol. The number of hydrogen-bond acceptors (Lipinski definition) is 4. The van der Waals surface area contributed by atoms with Crippen molar-refractivity contribution in [3.63, 3.8) is 0 Å². The zero-order valence-corrected chi connectivity index (χ0v) is 10.6. The predicted molar refractivity (Wildman–Crippen MR) is 69.6 cm³/mol. The van der Waals surface area contributed by atoms with Gasteiger partial charge in [0.25, 0.3) is 11.5 Å². The Bertz CT molecular complexity index is 692. The lowest BCUT2D eigenvalue weighted by atomic mass is 10.2. The molecule has 0 spiro atoms. The Labute approximate surface area is 109 Å². The summed E-state index contributed by atoms with van der Waals surface area (Å²) in [4.78, 5) is 23.3. The quantitative estimate of drug-likeness (QED) is 0.876. The number of ether oxygens (including phenoxy) is 1. The number of nitrogens with zero attached hydrogens (tertiary/aromatic N) is 2. The van der Waals surface area contributed by atoms with Gasteiger partial charge in [-0.25, -0.2) is 0 Å². The average Bonchev–Trinajstić information content (AvgIpc) is 2.39. The van der Waals surface area contributed by atoms with Crippen LogP contribution in [0.25, 0.3) is 5.69 Å². The van der Waals surface area contributed by atoms with E-state index in [4.69, 9.17) is 10.5 Å². The van der Waals surface area contributed by atoms with Gasteiger partial charge in [-0.2, -0.15) is 9.78 Å². The summed E-state index contributed by atoms with van der Waals surface area (Å²) in [5.74, 6) is -0.679. The number of carbonyl (C=O) groups excluding carboxylic acids is 1. The van der Waals surface area contributed by atoms with Crippen LogP contribution in [0, 0.1) is 6.92 Å². The van der Waals surface area contributed by atoms with Gasteiger partial charge in [-0.15, -0.1) is 0 Å². The minimum atomic E-state index is -0.751. The molecule has 0 unspecified atom stereocenters. The van der Waals surface area contributed by atoms with Crippen molar-refractivity contribution in [2.45, 2.75) is 6.92 Å². The Morgan fingerprint density at radius 2 is 2.05 bits per heavy atom. The molecule has 0 bridgehead atoms. The fourth-order valence-electron chi connectivity index (χ4n) is 1.74.